The fraction of sp³-hybridized carbons (Fsp3) is 0.538. The highest BCUT2D eigenvalue weighted by atomic mass is 35.5. The Balaban J connectivity index is 2.81. The van der Waals surface area contributed by atoms with Crippen LogP contribution in [-0.4, -0.2) is 13.6 Å². The van der Waals surface area contributed by atoms with Crippen LogP contribution < -0.4 is 5.32 Å². The molecule has 0 aliphatic carbocycles. The first kappa shape index (κ1) is 13.5. The third-order valence-corrected chi connectivity index (χ3v) is 3.36. The zero-order chi connectivity index (χ0) is 12.2. The number of hydrogen-bond donors (Lipinski definition) is 1. The standard InChI is InChI=1S/C13H19ClFN/c1-4-13(2,9-16-3)8-10-5-6-12(15)11(14)7-10/h5-7,16H,4,8-9H2,1-3H3. The molecule has 0 heterocycles. The first-order chi connectivity index (χ1) is 7.50. The molecule has 0 fully saturated rings. The highest BCUT2D eigenvalue weighted by molar-refractivity contribution is 6.30. The van der Waals surface area contributed by atoms with Gasteiger partial charge in [0, 0.05) is 6.54 Å². The van der Waals surface area contributed by atoms with Gasteiger partial charge in [0.25, 0.3) is 0 Å². The molecule has 1 N–H and O–H groups in total. The summed E-state index contributed by atoms with van der Waals surface area (Å²) < 4.78 is 13.0. The van der Waals surface area contributed by atoms with Crippen molar-refractivity contribution in [1.29, 1.82) is 0 Å². The summed E-state index contributed by atoms with van der Waals surface area (Å²) in [5, 5.41) is 3.41. The summed E-state index contributed by atoms with van der Waals surface area (Å²) in [5.41, 5.74) is 1.28. The van der Waals surface area contributed by atoms with Gasteiger partial charge in [0.1, 0.15) is 5.82 Å². The van der Waals surface area contributed by atoms with E-state index in [1.165, 1.54) is 6.07 Å². The van der Waals surface area contributed by atoms with E-state index in [-0.39, 0.29) is 16.3 Å². The number of nitrogens with one attached hydrogen (secondary N) is 1. The van der Waals surface area contributed by atoms with Crippen molar-refractivity contribution < 1.29 is 4.39 Å². The van der Waals surface area contributed by atoms with Crippen LogP contribution >= 0.6 is 11.6 Å². The van der Waals surface area contributed by atoms with E-state index in [4.69, 9.17) is 11.6 Å². The third-order valence-electron chi connectivity index (χ3n) is 3.07. The monoisotopic (exact) mass is 243 g/mol. The molecule has 0 saturated carbocycles. The zero-order valence-electron chi connectivity index (χ0n) is 10.1. The summed E-state index contributed by atoms with van der Waals surface area (Å²) in [5.74, 6) is -0.350. The van der Waals surface area contributed by atoms with Crippen LogP contribution in [0.1, 0.15) is 25.8 Å². The molecular formula is C13H19ClFN. The van der Waals surface area contributed by atoms with Crippen LogP contribution in [0, 0.1) is 11.2 Å². The second-order valence-electron chi connectivity index (χ2n) is 4.62. The van der Waals surface area contributed by atoms with E-state index in [0.717, 1.165) is 24.9 Å². The molecule has 1 unspecified atom stereocenters. The van der Waals surface area contributed by atoms with Crippen molar-refractivity contribution in [3.63, 3.8) is 0 Å². The minimum absolute atomic E-state index is 0.190. The van der Waals surface area contributed by atoms with Gasteiger partial charge in [-0.3, -0.25) is 0 Å². The Labute approximate surface area is 102 Å². The highest BCUT2D eigenvalue weighted by Gasteiger charge is 2.21. The van der Waals surface area contributed by atoms with Gasteiger partial charge in [0.15, 0.2) is 0 Å². The van der Waals surface area contributed by atoms with Crippen molar-refractivity contribution in [2.24, 2.45) is 5.41 Å². The molecule has 0 saturated heterocycles. The fourth-order valence-corrected chi connectivity index (χ4v) is 2.08. The molecule has 0 amide bonds. The topological polar surface area (TPSA) is 12.0 Å². The average Bonchev–Trinajstić information content (AvgIpc) is 2.24. The van der Waals surface area contributed by atoms with Crippen LogP contribution in [-0.2, 0) is 6.42 Å². The fourth-order valence-electron chi connectivity index (χ4n) is 1.88. The Kier molecular flexibility index (Phi) is 4.75. The molecular weight excluding hydrogens is 225 g/mol. The minimum atomic E-state index is -0.350. The van der Waals surface area contributed by atoms with Crippen LogP contribution in [0.3, 0.4) is 0 Å². The Morgan fingerprint density at radius 3 is 2.62 bits per heavy atom. The van der Waals surface area contributed by atoms with Crippen molar-refractivity contribution in [1.82, 2.24) is 5.32 Å². The molecule has 0 aromatic heterocycles. The summed E-state index contributed by atoms with van der Waals surface area (Å²) in [6.07, 6.45) is 1.98. The van der Waals surface area contributed by atoms with Crippen molar-refractivity contribution in [3.8, 4) is 0 Å². The zero-order valence-corrected chi connectivity index (χ0v) is 10.9. The van der Waals surface area contributed by atoms with Gasteiger partial charge in [-0.05, 0) is 43.0 Å². The van der Waals surface area contributed by atoms with Gasteiger partial charge >= 0.3 is 0 Å². The predicted octanol–water partition coefficient (Wildman–Crippen LogP) is 3.66. The van der Waals surface area contributed by atoms with Crippen molar-refractivity contribution >= 4 is 11.6 Å². The van der Waals surface area contributed by atoms with Gasteiger partial charge in [0.2, 0.25) is 0 Å². The Hall–Kier alpha value is -0.600. The number of hydrogen-bond acceptors (Lipinski definition) is 1. The van der Waals surface area contributed by atoms with Gasteiger partial charge in [-0.1, -0.05) is 31.5 Å². The smallest absolute Gasteiger partial charge is 0.141 e. The number of benzene rings is 1. The number of halogens is 2. The van der Waals surface area contributed by atoms with Crippen molar-refractivity contribution in [2.45, 2.75) is 26.7 Å². The second kappa shape index (κ2) is 5.65. The van der Waals surface area contributed by atoms with Gasteiger partial charge in [-0.15, -0.1) is 0 Å². The van der Waals surface area contributed by atoms with Crippen LogP contribution in [0.15, 0.2) is 18.2 Å². The lowest BCUT2D eigenvalue weighted by atomic mass is 9.81. The molecule has 16 heavy (non-hydrogen) atoms. The maximum atomic E-state index is 13.0. The first-order valence-corrected chi connectivity index (χ1v) is 5.97. The molecule has 0 spiro atoms. The van der Waals surface area contributed by atoms with E-state index in [9.17, 15) is 4.39 Å². The van der Waals surface area contributed by atoms with E-state index in [1.54, 1.807) is 6.07 Å². The van der Waals surface area contributed by atoms with Crippen LogP contribution in [0.4, 0.5) is 4.39 Å². The molecule has 0 bridgehead atoms. The molecule has 1 atom stereocenters. The SMILES string of the molecule is CCC(C)(CNC)Cc1ccc(F)c(Cl)c1. The van der Waals surface area contributed by atoms with E-state index < -0.39 is 0 Å². The van der Waals surface area contributed by atoms with Crippen molar-refractivity contribution in [3.05, 3.63) is 34.6 Å². The van der Waals surface area contributed by atoms with Crippen LogP contribution in [0.25, 0.3) is 0 Å². The second-order valence-corrected chi connectivity index (χ2v) is 5.03. The summed E-state index contributed by atoms with van der Waals surface area (Å²) >= 11 is 5.77. The van der Waals surface area contributed by atoms with E-state index in [2.05, 4.69) is 19.2 Å². The van der Waals surface area contributed by atoms with Crippen LogP contribution in [0.2, 0.25) is 5.02 Å². The summed E-state index contributed by atoms with van der Waals surface area (Å²) in [6.45, 7) is 5.34. The Bertz CT molecular complexity index is 354. The van der Waals surface area contributed by atoms with E-state index >= 15 is 0 Å². The van der Waals surface area contributed by atoms with Gasteiger partial charge < -0.3 is 5.32 Å². The Morgan fingerprint density at radius 1 is 1.44 bits per heavy atom. The largest absolute Gasteiger partial charge is 0.319 e. The predicted molar refractivity (Wildman–Crippen MR) is 67.4 cm³/mol. The van der Waals surface area contributed by atoms with E-state index in [0.29, 0.717) is 0 Å². The maximum Gasteiger partial charge on any atom is 0.141 e. The third kappa shape index (κ3) is 3.46. The maximum absolute atomic E-state index is 13.0. The molecule has 1 aromatic rings. The minimum Gasteiger partial charge on any atom is -0.319 e. The molecule has 3 heteroatoms. The van der Waals surface area contributed by atoms with Gasteiger partial charge in [0.05, 0.1) is 5.02 Å². The lowest BCUT2D eigenvalue weighted by Crippen LogP contribution is -2.31. The van der Waals surface area contributed by atoms with Gasteiger partial charge in [-0.25, -0.2) is 4.39 Å². The molecule has 1 rings (SSSR count). The molecule has 0 aliphatic rings. The lowest BCUT2D eigenvalue weighted by Gasteiger charge is -2.28. The van der Waals surface area contributed by atoms with E-state index in [1.807, 2.05) is 13.1 Å². The highest BCUT2D eigenvalue weighted by Crippen LogP contribution is 2.27. The summed E-state index contributed by atoms with van der Waals surface area (Å²) in [6, 6.07) is 4.97. The molecule has 0 aliphatic heterocycles. The summed E-state index contributed by atoms with van der Waals surface area (Å²) in [4.78, 5) is 0. The van der Waals surface area contributed by atoms with Crippen molar-refractivity contribution in [2.75, 3.05) is 13.6 Å². The lowest BCUT2D eigenvalue weighted by molar-refractivity contribution is 0.299. The average molecular weight is 244 g/mol. The molecule has 1 nitrogen and oxygen atoms in total. The molecule has 1 aromatic carbocycles. The molecule has 90 valence electrons. The number of rotatable bonds is 5. The van der Waals surface area contributed by atoms with Crippen LogP contribution in [0.5, 0.6) is 0 Å². The Morgan fingerprint density at radius 2 is 2.12 bits per heavy atom. The first-order valence-electron chi connectivity index (χ1n) is 5.59. The molecule has 0 radical (unpaired) electrons. The van der Waals surface area contributed by atoms with Gasteiger partial charge in [-0.2, -0.15) is 0 Å². The summed E-state index contributed by atoms with van der Waals surface area (Å²) in [7, 11) is 1.95. The quantitative estimate of drug-likeness (QED) is 0.832. The normalized spacial score (nSPS) is 14.8.